The molecule has 1 aliphatic rings. The van der Waals surface area contributed by atoms with Gasteiger partial charge < -0.3 is 19.9 Å². The molecular weight excluding hydrogens is 350 g/mol. The van der Waals surface area contributed by atoms with Crippen LogP contribution in [0.1, 0.15) is 45.4 Å². The molecule has 3 rings (SSSR count). The third-order valence-electron chi connectivity index (χ3n) is 5.55. The fraction of sp³-hybridized carbons (Fsp3) is 0.636. The van der Waals surface area contributed by atoms with Gasteiger partial charge in [0, 0.05) is 39.4 Å². The SMILES string of the molecule is CCNC(=NCC1(CCOCC)CC1)NCCCn1c(C)nc2ccccc21. The predicted octanol–water partition coefficient (Wildman–Crippen LogP) is 3.50. The number of hydrogen-bond donors (Lipinski definition) is 2. The van der Waals surface area contributed by atoms with Crippen LogP contribution >= 0.6 is 0 Å². The number of aliphatic imine (C=N–C) groups is 1. The normalized spacial score (nSPS) is 15.8. The summed E-state index contributed by atoms with van der Waals surface area (Å²) in [6.45, 7) is 11.5. The Bertz CT molecular complexity index is 778. The minimum absolute atomic E-state index is 0.379. The largest absolute Gasteiger partial charge is 0.382 e. The van der Waals surface area contributed by atoms with Gasteiger partial charge >= 0.3 is 0 Å². The summed E-state index contributed by atoms with van der Waals surface area (Å²) in [5.74, 6) is 2.00. The number of nitrogens with zero attached hydrogens (tertiary/aromatic N) is 3. The van der Waals surface area contributed by atoms with Crippen molar-refractivity contribution < 1.29 is 4.74 Å². The topological polar surface area (TPSA) is 63.5 Å². The summed E-state index contributed by atoms with van der Waals surface area (Å²) in [4.78, 5) is 9.49. The molecule has 154 valence electrons. The van der Waals surface area contributed by atoms with Crippen molar-refractivity contribution in [2.45, 2.75) is 53.0 Å². The van der Waals surface area contributed by atoms with Crippen molar-refractivity contribution in [2.24, 2.45) is 10.4 Å². The quantitative estimate of drug-likeness (QED) is 0.353. The van der Waals surface area contributed by atoms with Gasteiger partial charge in [-0.2, -0.15) is 0 Å². The average molecular weight is 386 g/mol. The zero-order valence-corrected chi connectivity index (χ0v) is 17.6. The van der Waals surface area contributed by atoms with E-state index in [9.17, 15) is 0 Å². The Morgan fingerprint density at radius 3 is 2.82 bits per heavy atom. The number of nitrogens with one attached hydrogen (secondary N) is 2. The van der Waals surface area contributed by atoms with Crippen molar-refractivity contribution in [2.75, 3.05) is 32.8 Å². The molecule has 0 radical (unpaired) electrons. The third kappa shape index (κ3) is 5.47. The molecule has 0 saturated heterocycles. The third-order valence-corrected chi connectivity index (χ3v) is 5.55. The highest BCUT2D eigenvalue weighted by Crippen LogP contribution is 2.48. The van der Waals surface area contributed by atoms with Crippen molar-refractivity contribution in [1.82, 2.24) is 20.2 Å². The van der Waals surface area contributed by atoms with Gasteiger partial charge in [0.15, 0.2) is 5.96 Å². The molecule has 1 aliphatic carbocycles. The first kappa shape index (κ1) is 20.6. The highest BCUT2D eigenvalue weighted by Gasteiger charge is 2.41. The van der Waals surface area contributed by atoms with E-state index < -0.39 is 0 Å². The zero-order chi connectivity index (χ0) is 19.8. The standard InChI is InChI=1S/C22H35N5O/c1-4-23-21(25-17-22(11-12-22)13-16-28-5-2)24-14-8-15-27-18(3)26-19-9-6-7-10-20(19)27/h6-7,9-10H,4-5,8,11-17H2,1-3H3,(H2,23,24,25). The monoisotopic (exact) mass is 385 g/mol. The van der Waals surface area contributed by atoms with E-state index in [1.165, 1.54) is 18.4 Å². The van der Waals surface area contributed by atoms with Crippen LogP contribution in [-0.4, -0.2) is 48.4 Å². The fourth-order valence-electron chi connectivity index (χ4n) is 3.61. The number of aryl methyl sites for hydroxylation is 2. The number of para-hydroxylation sites is 2. The molecule has 1 fully saturated rings. The molecule has 0 atom stereocenters. The molecule has 6 heteroatoms. The first-order valence-corrected chi connectivity index (χ1v) is 10.7. The highest BCUT2D eigenvalue weighted by atomic mass is 16.5. The van der Waals surface area contributed by atoms with Crippen LogP contribution in [0.15, 0.2) is 29.3 Å². The van der Waals surface area contributed by atoms with Crippen molar-refractivity contribution >= 4 is 17.0 Å². The molecule has 0 bridgehead atoms. The van der Waals surface area contributed by atoms with Gasteiger partial charge in [0.25, 0.3) is 0 Å². The smallest absolute Gasteiger partial charge is 0.191 e. The lowest BCUT2D eigenvalue weighted by Gasteiger charge is -2.15. The van der Waals surface area contributed by atoms with Gasteiger partial charge in [-0.05, 0) is 64.0 Å². The Kier molecular flexibility index (Phi) is 7.31. The average Bonchev–Trinajstić information content (AvgIpc) is 3.39. The van der Waals surface area contributed by atoms with E-state index in [0.717, 1.165) is 69.5 Å². The number of imidazole rings is 1. The van der Waals surface area contributed by atoms with Crippen LogP contribution in [0.25, 0.3) is 11.0 Å². The van der Waals surface area contributed by atoms with E-state index >= 15 is 0 Å². The van der Waals surface area contributed by atoms with Crippen LogP contribution in [0.2, 0.25) is 0 Å². The number of rotatable bonds is 11. The molecule has 1 aromatic carbocycles. The summed E-state index contributed by atoms with van der Waals surface area (Å²) in [6, 6.07) is 8.34. The molecule has 28 heavy (non-hydrogen) atoms. The Balaban J connectivity index is 1.47. The number of benzene rings is 1. The number of ether oxygens (including phenoxy) is 1. The molecule has 0 aliphatic heterocycles. The predicted molar refractivity (Wildman–Crippen MR) is 116 cm³/mol. The lowest BCUT2D eigenvalue weighted by Crippen LogP contribution is -2.38. The molecule has 1 saturated carbocycles. The van der Waals surface area contributed by atoms with Crippen LogP contribution in [-0.2, 0) is 11.3 Å². The van der Waals surface area contributed by atoms with Crippen LogP contribution in [0, 0.1) is 12.3 Å². The Morgan fingerprint density at radius 2 is 2.07 bits per heavy atom. The summed E-state index contributed by atoms with van der Waals surface area (Å²) in [6.07, 6.45) is 4.70. The second-order valence-electron chi connectivity index (χ2n) is 7.72. The van der Waals surface area contributed by atoms with Crippen LogP contribution in [0.4, 0.5) is 0 Å². The van der Waals surface area contributed by atoms with E-state index in [-0.39, 0.29) is 0 Å². The second-order valence-corrected chi connectivity index (χ2v) is 7.72. The maximum absolute atomic E-state index is 5.53. The second kappa shape index (κ2) is 9.92. The lowest BCUT2D eigenvalue weighted by molar-refractivity contribution is 0.129. The van der Waals surface area contributed by atoms with E-state index in [4.69, 9.17) is 9.73 Å². The first-order valence-electron chi connectivity index (χ1n) is 10.7. The molecular formula is C22H35N5O. The van der Waals surface area contributed by atoms with Crippen molar-refractivity contribution in [3.8, 4) is 0 Å². The Morgan fingerprint density at radius 1 is 1.25 bits per heavy atom. The van der Waals surface area contributed by atoms with Crippen LogP contribution in [0.3, 0.4) is 0 Å². The van der Waals surface area contributed by atoms with Gasteiger partial charge in [-0.15, -0.1) is 0 Å². The van der Waals surface area contributed by atoms with Gasteiger partial charge in [-0.3, -0.25) is 4.99 Å². The molecule has 0 amide bonds. The zero-order valence-electron chi connectivity index (χ0n) is 17.6. The molecule has 0 unspecified atom stereocenters. The first-order chi connectivity index (χ1) is 13.7. The van der Waals surface area contributed by atoms with Gasteiger partial charge in [-0.25, -0.2) is 4.98 Å². The fourth-order valence-corrected chi connectivity index (χ4v) is 3.61. The summed E-state index contributed by atoms with van der Waals surface area (Å²) in [5, 5.41) is 6.87. The molecule has 1 heterocycles. The summed E-state index contributed by atoms with van der Waals surface area (Å²) >= 11 is 0. The number of aromatic nitrogens is 2. The van der Waals surface area contributed by atoms with Gasteiger partial charge in [-0.1, -0.05) is 12.1 Å². The molecule has 0 spiro atoms. The van der Waals surface area contributed by atoms with Crippen molar-refractivity contribution in [1.29, 1.82) is 0 Å². The van der Waals surface area contributed by atoms with Gasteiger partial charge in [0.1, 0.15) is 5.82 Å². The molecule has 2 N–H and O–H groups in total. The Labute approximate surface area is 168 Å². The van der Waals surface area contributed by atoms with E-state index in [1.54, 1.807) is 0 Å². The number of hydrogen-bond acceptors (Lipinski definition) is 3. The molecule has 2 aromatic rings. The van der Waals surface area contributed by atoms with Crippen LogP contribution in [0.5, 0.6) is 0 Å². The molecule has 6 nitrogen and oxygen atoms in total. The minimum atomic E-state index is 0.379. The maximum atomic E-state index is 5.53. The minimum Gasteiger partial charge on any atom is -0.382 e. The molecule has 1 aromatic heterocycles. The Hall–Kier alpha value is -2.08. The maximum Gasteiger partial charge on any atom is 0.191 e. The van der Waals surface area contributed by atoms with Gasteiger partial charge in [0.05, 0.1) is 11.0 Å². The van der Waals surface area contributed by atoms with E-state index in [0.29, 0.717) is 5.41 Å². The number of guanidine groups is 1. The van der Waals surface area contributed by atoms with E-state index in [2.05, 4.69) is 59.2 Å². The van der Waals surface area contributed by atoms with E-state index in [1.807, 2.05) is 6.07 Å². The van der Waals surface area contributed by atoms with Crippen LogP contribution < -0.4 is 10.6 Å². The highest BCUT2D eigenvalue weighted by molar-refractivity contribution is 5.79. The summed E-state index contributed by atoms with van der Waals surface area (Å²) < 4.78 is 7.83. The summed E-state index contributed by atoms with van der Waals surface area (Å²) in [5.41, 5.74) is 2.67. The summed E-state index contributed by atoms with van der Waals surface area (Å²) in [7, 11) is 0. The van der Waals surface area contributed by atoms with Crippen molar-refractivity contribution in [3.63, 3.8) is 0 Å². The van der Waals surface area contributed by atoms with Gasteiger partial charge in [0.2, 0.25) is 0 Å². The number of fused-ring (bicyclic) bond motifs is 1. The lowest BCUT2D eigenvalue weighted by atomic mass is 10.0. The van der Waals surface area contributed by atoms with Crippen molar-refractivity contribution in [3.05, 3.63) is 30.1 Å².